The van der Waals surface area contributed by atoms with E-state index in [-0.39, 0.29) is 6.61 Å². The Morgan fingerprint density at radius 3 is 2.12 bits per heavy atom. The summed E-state index contributed by atoms with van der Waals surface area (Å²) in [6.45, 7) is 5.98. The number of phosphoric acid groups is 2. The van der Waals surface area contributed by atoms with Crippen molar-refractivity contribution in [1.82, 2.24) is 0 Å². The molecule has 0 aromatic rings. The highest BCUT2D eigenvalue weighted by atomic mass is 127. The van der Waals surface area contributed by atoms with Gasteiger partial charge in [0.05, 0.1) is 6.61 Å². The second-order valence-corrected chi connectivity index (χ2v) is 9.63. The van der Waals surface area contributed by atoms with Crippen molar-refractivity contribution in [3.8, 4) is 0 Å². The minimum Gasteiger partial charge on any atom is -0.302 e. The largest absolute Gasteiger partial charge is 0.481 e. The molecule has 0 aromatic carbocycles. The molecule has 140 valence electrons. The molecule has 0 aliphatic carbocycles. The van der Waals surface area contributed by atoms with Gasteiger partial charge in [0, 0.05) is 3.58 Å². The topological polar surface area (TPSA) is 113 Å². The van der Waals surface area contributed by atoms with E-state index in [1.807, 2.05) is 28.7 Å². The fourth-order valence-corrected chi connectivity index (χ4v) is 3.90. The molecule has 0 saturated heterocycles. The highest BCUT2D eigenvalue weighted by Gasteiger charge is 2.32. The quantitative estimate of drug-likeness (QED) is 0.160. The summed E-state index contributed by atoms with van der Waals surface area (Å²) < 4.78 is 30.7. The first kappa shape index (κ1) is 24.2. The molecule has 0 fully saturated rings. The lowest BCUT2D eigenvalue weighted by Gasteiger charge is -2.11. The Hall–Kier alpha value is 0.210. The van der Waals surface area contributed by atoms with Crippen LogP contribution in [0.25, 0.3) is 0 Å². The van der Waals surface area contributed by atoms with Gasteiger partial charge in [-0.1, -0.05) is 29.4 Å². The maximum absolute atomic E-state index is 11.3. The summed E-state index contributed by atoms with van der Waals surface area (Å²) in [5.74, 6) is 0. The number of allylic oxidation sites excluding steroid dienone is 5. The maximum Gasteiger partial charge on any atom is 0.481 e. The van der Waals surface area contributed by atoms with Gasteiger partial charge in [0.1, 0.15) is 0 Å². The Morgan fingerprint density at radius 2 is 1.58 bits per heavy atom. The zero-order valence-electron chi connectivity index (χ0n) is 14.0. The SMILES string of the molecule is CC(C)=CCC/C(C)=C/CC/C=C(/I)COP(=O)(O)OP(=O)(O)O. The summed E-state index contributed by atoms with van der Waals surface area (Å²) in [6.07, 6.45) is 9.79. The van der Waals surface area contributed by atoms with Gasteiger partial charge in [-0.3, -0.25) is 4.52 Å². The molecule has 0 saturated carbocycles. The Morgan fingerprint density at radius 1 is 1.00 bits per heavy atom. The van der Waals surface area contributed by atoms with E-state index in [0.717, 1.165) is 25.7 Å². The van der Waals surface area contributed by atoms with Crippen LogP contribution in [0.4, 0.5) is 0 Å². The molecule has 1 unspecified atom stereocenters. The van der Waals surface area contributed by atoms with Gasteiger partial charge in [-0.2, -0.15) is 4.31 Å². The minimum atomic E-state index is -5.07. The lowest BCUT2D eigenvalue weighted by atomic mass is 10.1. The summed E-state index contributed by atoms with van der Waals surface area (Å²) in [7, 11) is -9.84. The zero-order valence-corrected chi connectivity index (χ0v) is 18.0. The normalized spacial score (nSPS) is 16.0. The monoisotopic (exact) mass is 494 g/mol. The summed E-state index contributed by atoms with van der Waals surface area (Å²) in [5.41, 5.74) is 2.62. The van der Waals surface area contributed by atoms with Crippen LogP contribution >= 0.6 is 38.2 Å². The van der Waals surface area contributed by atoms with E-state index >= 15 is 0 Å². The maximum atomic E-state index is 11.3. The van der Waals surface area contributed by atoms with Crippen LogP contribution in [-0.2, 0) is 18.0 Å². The van der Waals surface area contributed by atoms with E-state index in [1.165, 1.54) is 11.1 Å². The summed E-state index contributed by atoms with van der Waals surface area (Å²) in [6, 6.07) is 0. The van der Waals surface area contributed by atoms with Crippen LogP contribution in [0.1, 0.15) is 46.5 Å². The van der Waals surface area contributed by atoms with Gasteiger partial charge >= 0.3 is 15.6 Å². The molecule has 24 heavy (non-hydrogen) atoms. The summed E-state index contributed by atoms with van der Waals surface area (Å²) >= 11 is 1.93. The molecule has 0 heterocycles. The first-order chi connectivity index (χ1) is 10.9. The molecular weight excluding hydrogens is 469 g/mol. The average Bonchev–Trinajstić information content (AvgIpc) is 2.38. The van der Waals surface area contributed by atoms with Crippen LogP contribution in [0.3, 0.4) is 0 Å². The van der Waals surface area contributed by atoms with Crippen LogP contribution in [0.5, 0.6) is 0 Å². The Kier molecular flexibility index (Phi) is 11.9. The van der Waals surface area contributed by atoms with Crippen molar-refractivity contribution in [2.24, 2.45) is 0 Å². The molecule has 0 aromatic heterocycles. The van der Waals surface area contributed by atoms with Crippen LogP contribution in [-0.4, -0.2) is 21.3 Å². The molecule has 10 heteroatoms. The predicted octanol–water partition coefficient (Wildman–Crippen LogP) is 5.00. The standard InChI is InChI=1S/C14H25IO7P2/c1-12(2)7-6-9-13(3)8-4-5-10-14(15)11-21-24(19,20)22-23(16,17)18/h7-8,10H,4-6,9,11H2,1-3H3,(H,19,20)(H2,16,17,18)/b13-8+,14-10+. The summed E-state index contributed by atoms with van der Waals surface area (Å²) in [5, 5.41) is 0. The number of hydrogen-bond donors (Lipinski definition) is 3. The van der Waals surface area contributed by atoms with E-state index in [1.54, 1.807) is 0 Å². The van der Waals surface area contributed by atoms with E-state index in [0.29, 0.717) is 3.58 Å². The van der Waals surface area contributed by atoms with E-state index in [4.69, 9.17) is 14.7 Å². The van der Waals surface area contributed by atoms with Crippen LogP contribution in [0, 0.1) is 0 Å². The lowest BCUT2D eigenvalue weighted by Crippen LogP contribution is -1.96. The lowest BCUT2D eigenvalue weighted by molar-refractivity contribution is 0.190. The van der Waals surface area contributed by atoms with Gasteiger partial charge < -0.3 is 14.7 Å². The van der Waals surface area contributed by atoms with Crippen molar-refractivity contribution >= 4 is 38.2 Å². The highest BCUT2D eigenvalue weighted by molar-refractivity contribution is 14.1. The fourth-order valence-electron chi connectivity index (χ4n) is 1.62. The first-order valence-electron chi connectivity index (χ1n) is 7.29. The molecule has 0 bridgehead atoms. The van der Waals surface area contributed by atoms with Gasteiger partial charge in [0.25, 0.3) is 0 Å². The Balaban J connectivity index is 4.17. The Bertz CT molecular complexity index is 574. The molecule has 0 amide bonds. The molecular formula is C14H25IO7P2. The summed E-state index contributed by atoms with van der Waals surface area (Å²) in [4.78, 5) is 26.1. The molecule has 0 spiro atoms. The number of hydrogen-bond acceptors (Lipinski definition) is 4. The van der Waals surface area contributed by atoms with Crippen molar-refractivity contribution in [1.29, 1.82) is 0 Å². The van der Waals surface area contributed by atoms with Crippen molar-refractivity contribution in [2.45, 2.75) is 46.5 Å². The third-order valence-corrected chi connectivity index (χ3v) is 5.58. The minimum absolute atomic E-state index is 0.252. The predicted molar refractivity (Wildman–Crippen MR) is 103 cm³/mol. The van der Waals surface area contributed by atoms with Crippen LogP contribution in [0.15, 0.2) is 33.0 Å². The van der Waals surface area contributed by atoms with Gasteiger partial charge in [0.2, 0.25) is 0 Å². The third kappa shape index (κ3) is 15.7. The van der Waals surface area contributed by atoms with Gasteiger partial charge in [-0.05, 0) is 69.0 Å². The smallest absolute Gasteiger partial charge is 0.302 e. The van der Waals surface area contributed by atoms with Crippen molar-refractivity contribution < 1.29 is 32.6 Å². The van der Waals surface area contributed by atoms with E-state index in [2.05, 4.69) is 41.8 Å². The van der Waals surface area contributed by atoms with Gasteiger partial charge in [-0.25, -0.2) is 9.13 Å². The number of rotatable bonds is 11. The molecule has 3 N–H and O–H groups in total. The first-order valence-corrected chi connectivity index (χ1v) is 11.4. The second-order valence-electron chi connectivity index (χ2n) is 5.41. The number of phosphoric ester groups is 1. The van der Waals surface area contributed by atoms with Crippen LogP contribution < -0.4 is 0 Å². The molecule has 0 aliphatic rings. The van der Waals surface area contributed by atoms with Crippen molar-refractivity contribution in [3.05, 3.63) is 33.0 Å². The van der Waals surface area contributed by atoms with Gasteiger partial charge in [-0.15, -0.1) is 0 Å². The van der Waals surface area contributed by atoms with E-state index < -0.39 is 15.6 Å². The molecule has 7 nitrogen and oxygen atoms in total. The van der Waals surface area contributed by atoms with Crippen LogP contribution in [0.2, 0.25) is 0 Å². The second kappa shape index (κ2) is 11.8. The highest BCUT2D eigenvalue weighted by Crippen LogP contribution is 2.57. The molecule has 0 rings (SSSR count). The fraction of sp³-hybridized carbons (Fsp3) is 0.571. The zero-order chi connectivity index (χ0) is 18.8. The van der Waals surface area contributed by atoms with Gasteiger partial charge in [0.15, 0.2) is 0 Å². The average molecular weight is 494 g/mol. The van der Waals surface area contributed by atoms with Crippen molar-refractivity contribution in [2.75, 3.05) is 6.61 Å². The van der Waals surface area contributed by atoms with E-state index in [9.17, 15) is 9.13 Å². The molecule has 0 radical (unpaired) electrons. The molecule has 0 aliphatic heterocycles. The number of halogens is 1. The molecule has 1 atom stereocenters. The number of unbranched alkanes of at least 4 members (excludes halogenated alkanes) is 1. The third-order valence-electron chi connectivity index (χ3n) is 2.69. The Labute approximate surface area is 156 Å². The van der Waals surface area contributed by atoms with Crippen molar-refractivity contribution in [3.63, 3.8) is 0 Å².